The topological polar surface area (TPSA) is 105 Å². The van der Waals surface area contributed by atoms with E-state index in [9.17, 15) is 13.2 Å². The molecule has 3 N–H and O–H groups in total. The summed E-state index contributed by atoms with van der Waals surface area (Å²) in [5, 5.41) is 2.47. The summed E-state index contributed by atoms with van der Waals surface area (Å²) in [7, 11) is -0.429. The number of nitrogens with zero attached hydrogens (tertiary/aromatic N) is 2. The third-order valence-corrected chi connectivity index (χ3v) is 4.05. The number of aromatic nitrogens is 1. The van der Waals surface area contributed by atoms with Crippen LogP contribution in [-0.2, 0) is 10.0 Å². The lowest BCUT2D eigenvalue weighted by atomic mass is 10.3. The van der Waals surface area contributed by atoms with Gasteiger partial charge in [-0.3, -0.25) is 9.78 Å². The Kier molecular flexibility index (Phi) is 4.62. The normalized spacial score (nSPS) is 11.5. The minimum absolute atomic E-state index is 0.0236. The van der Waals surface area contributed by atoms with Crippen LogP contribution in [0.1, 0.15) is 10.5 Å². The Morgan fingerprint density at radius 3 is 2.72 bits per heavy atom. The third-order valence-electron chi connectivity index (χ3n) is 2.22. The molecule has 0 bridgehead atoms. The summed E-state index contributed by atoms with van der Waals surface area (Å²) < 4.78 is 24.0. The molecule has 1 rings (SSSR count). The van der Waals surface area contributed by atoms with Gasteiger partial charge in [-0.15, -0.1) is 0 Å². The van der Waals surface area contributed by atoms with Gasteiger partial charge in [-0.05, 0) is 12.1 Å². The Morgan fingerprint density at radius 1 is 1.50 bits per heavy atom. The number of anilines is 1. The molecule has 18 heavy (non-hydrogen) atoms. The molecule has 0 aliphatic rings. The number of nitrogens with two attached hydrogens (primary N) is 1. The predicted molar refractivity (Wildman–Crippen MR) is 68.5 cm³/mol. The van der Waals surface area contributed by atoms with E-state index in [-0.39, 0.29) is 18.0 Å². The van der Waals surface area contributed by atoms with Gasteiger partial charge in [0.2, 0.25) is 10.0 Å². The quantitative estimate of drug-likeness (QED) is 0.736. The number of carbonyl (C=O) groups is 1. The molecule has 1 aromatic heterocycles. The van der Waals surface area contributed by atoms with Crippen LogP contribution in [0.4, 0.5) is 5.69 Å². The summed E-state index contributed by atoms with van der Waals surface area (Å²) in [6, 6.07) is 2.99. The molecule has 0 saturated heterocycles. The molecule has 0 radical (unpaired) electrons. The first-order valence-electron chi connectivity index (χ1n) is 5.23. The van der Waals surface area contributed by atoms with Crippen LogP contribution in [-0.4, -0.2) is 50.0 Å². The molecule has 0 atom stereocenters. The predicted octanol–water partition coefficient (Wildman–Crippen LogP) is -0.715. The number of sulfonamides is 1. The van der Waals surface area contributed by atoms with Gasteiger partial charge in [0.05, 0.1) is 5.75 Å². The highest BCUT2D eigenvalue weighted by atomic mass is 32.2. The van der Waals surface area contributed by atoms with Gasteiger partial charge >= 0.3 is 0 Å². The van der Waals surface area contributed by atoms with Crippen LogP contribution in [0.5, 0.6) is 0 Å². The lowest BCUT2D eigenvalue weighted by Gasteiger charge is -2.11. The number of hydrogen-bond donors (Lipinski definition) is 2. The Hall–Kier alpha value is -1.67. The summed E-state index contributed by atoms with van der Waals surface area (Å²) in [4.78, 5) is 15.5. The second kappa shape index (κ2) is 5.78. The molecule has 0 aromatic carbocycles. The summed E-state index contributed by atoms with van der Waals surface area (Å²) in [6.07, 6.45) is 1.42. The number of nitrogens with one attached hydrogen (secondary N) is 1. The Balaban J connectivity index is 2.53. The first-order chi connectivity index (χ1) is 8.33. The number of amides is 1. The van der Waals surface area contributed by atoms with Gasteiger partial charge < -0.3 is 11.1 Å². The average Bonchev–Trinajstić information content (AvgIpc) is 2.28. The Labute approximate surface area is 106 Å². The second-order valence-corrected chi connectivity index (χ2v) is 6.13. The molecule has 1 heterocycles. The summed E-state index contributed by atoms with van der Waals surface area (Å²) in [5.74, 6) is -0.607. The van der Waals surface area contributed by atoms with Crippen LogP contribution in [0.2, 0.25) is 0 Å². The molecule has 0 aliphatic heterocycles. The molecular weight excluding hydrogens is 256 g/mol. The van der Waals surface area contributed by atoms with E-state index in [1.54, 1.807) is 6.07 Å². The zero-order chi connectivity index (χ0) is 13.8. The van der Waals surface area contributed by atoms with E-state index >= 15 is 0 Å². The molecule has 7 nitrogen and oxygen atoms in total. The molecule has 0 unspecified atom stereocenters. The van der Waals surface area contributed by atoms with Crippen molar-refractivity contribution in [2.75, 3.05) is 32.1 Å². The van der Waals surface area contributed by atoms with E-state index in [2.05, 4.69) is 10.3 Å². The number of carbonyl (C=O) groups excluding carboxylic acids is 1. The fourth-order valence-corrected chi connectivity index (χ4v) is 1.86. The molecule has 0 saturated carbocycles. The standard InChI is InChI=1S/C10H16N4O3S/c1-14(2)18(16,17)6-5-13-10(15)9-7-8(11)3-4-12-9/h3-4,7H,5-6H2,1-2H3,(H2,11,12)(H,13,15). The monoisotopic (exact) mass is 272 g/mol. The van der Waals surface area contributed by atoms with Crippen molar-refractivity contribution in [2.24, 2.45) is 0 Å². The molecule has 0 spiro atoms. The maximum atomic E-state index is 11.6. The van der Waals surface area contributed by atoms with Crippen LogP contribution in [0.3, 0.4) is 0 Å². The zero-order valence-electron chi connectivity index (χ0n) is 10.3. The second-order valence-electron chi connectivity index (χ2n) is 3.83. The largest absolute Gasteiger partial charge is 0.399 e. The van der Waals surface area contributed by atoms with Gasteiger partial charge in [-0.25, -0.2) is 12.7 Å². The molecule has 1 aromatic rings. The van der Waals surface area contributed by atoms with E-state index in [1.807, 2.05) is 0 Å². The molecule has 1 amide bonds. The lowest BCUT2D eigenvalue weighted by Crippen LogP contribution is -2.34. The maximum Gasteiger partial charge on any atom is 0.269 e. The minimum Gasteiger partial charge on any atom is -0.399 e. The van der Waals surface area contributed by atoms with Crippen LogP contribution < -0.4 is 11.1 Å². The van der Waals surface area contributed by atoms with Crippen LogP contribution in [0.15, 0.2) is 18.3 Å². The first kappa shape index (κ1) is 14.4. The van der Waals surface area contributed by atoms with Crippen molar-refractivity contribution in [3.05, 3.63) is 24.0 Å². The van der Waals surface area contributed by atoms with Crippen LogP contribution >= 0.6 is 0 Å². The van der Waals surface area contributed by atoms with Crippen molar-refractivity contribution in [1.82, 2.24) is 14.6 Å². The van der Waals surface area contributed by atoms with E-state index in [4.69, 9.17) is 5.73 Å². The average molecular weight is 272 g/mol. The van der Waals surface area contributed by atoms with Gasteiger partial charge in [0.15, 0.2) is 0 Å². The van der Waals surface area contributed by atoms with Crippen molar-refractivity contribution in [3.8, 4) is 0 Å². The fourth-order valence-electron chi connectivity index (χ4n) is 1.14. The van der Waals surface area contributed by atoms with E-state index in [1.165, 1.54) is 26.4 Å². The van der Waals surface area contributed by atoms with Gasteiger partial charge in [0, 0.05) is 32.5 Å². The zero-order valence-corrected chi connectivity index (χ0v) is 11.1. The van der Waals surface area contributed by atoms with Crippen molar-refractivity contribution in [2.45, 2.75) is 0 Å². The van der Waals surface area contributed by atoms with Gasteiger partial charge in [0.1, 0.15) is 5.69 Å². The SMILES string of the molecule is CN(C)S(=O)(=O)CCNC(=O)c1cc(N)ccn1. The van der Waals surface area contributed by atoms with E-state index in [0.29, 0.717) is 5.69 Å². The van der Waals surface area contributed by atoms with Crippen molar-refractivity contribution >= 4 is 21.6 Å². The van der Waals surface area contributed by atoms with Gasteiger partial charge in [-0.2, -0.15) is 0 Å². The number of rotatable bonds is 5. The molecular formula is C10H16N4O3S. The Bertz CT molecular complexity index is 528. The third kappa shape index (κ3) is 3.97. The molecule has 8 heteroatoms. The minimum atomic E-state index is -3.31. The van der Waals surface area contributed by atoms with Crippen LogP contribution in [0, 0.1) is 0 Å². The highest BCUT2D eigenvalue weighted by molar-refractivity contribution is 7.89. The lowest BCUT2D eigenvalue weighted by molar-refractivity contribution is 0.0951. The van der Waals surface area contributed by atoms with Gasteiger partial charge in [0.25, 0.3) is 5.91 Å². The Morgan fingerprint density at radius 2 is 2.17 bits per heavy atom. The molecule has 0 fully saturated rings. The van der Waals surface area contributed by atoms with E-state index < -0.39 is 15.9 Å². The van der Waals surface area contributed by atoms with E-state index in [0.717, 1.165) is 4.31 Å². The summed E-state index contributed by atoms with van der Waals surface area (Å²) >= 11 is 0. The summed E-state index contributed by atoms with van der Waals surface area (Å²) in [5.41, 5.74) is 6.10. The van der Waals surface area contributed by atoms with Gasteiger partial charge in [-0.1, -0.05) is 0 Å². The van der Waals surface area contributed by atoms with Crippen molar-refractivity contribution in [3.63, 3.8) is 0 Å². The fraction of sp³-hybridized carbons (Fsp3) is 0.400. The number of pyridine rings is 1. The number of nitrogen functional groups attached to an aromatic ring is 1. The highest BCUT2D eigenvalue weighted by Crippen LogP contribution is 2.02. The van der Waals surface area contributed by atoms with Crippen molar-refractivity contribution < 1.29 is 13.2 Å². The smallest absolute Gasteiger partial charge is 0.269 e. The number of hydrogen-bond acceptors (Lipinski definition) is 5. The van der Waals surface area contributed by atoms with Crippen LogP contribution in [0.25, 0.3) is 0 Å². The highest BCUT2D eigenvalue weighted by Gasteiger charge is 2.14. The first-order valence-corrected chi connectivity index (χ1v) is 6.84. The molecule has 100 valence electrons. The maximum absolute atomic E-state index is 11.6. The molecule has 0 aliphatic carbocycles. The summed E-state index contributed by atoms with van der Waals surface area (Å²) in [6.45, 7) is 0.0236. The van der Waals surface area contributed by atoms with Crippen molar-refractivity contribution in [1.29, 1.82) is 0 Å².